The topological polar surface area (TPSA) is 0 Å². The first-order chi connectivity index (χ1) is 12.4. The molecule has 0 heterocycles. The molecule has 0 N–H and O–H groups in total. The van der Waals surface area contributed by atoms with Crippen molar-refractivity contribution in [2.75, 3.05) is 0 Å². The summed E-state index contributed by atoms with van der Waals surface area (Å²) in [6.07, 6.45) is 24.3. The van der Waals surface area contributed by atoms with E-state index in [0.717, 1.165) is 23.4 Å². The molecule has 2 heteroatoms. The van der Waals surface area contributed by atoms with Crippen molar-refractivity contribution >= 4 is 17.6 Å². The van der Waals surface area contributed by atoms with Crippen LogP contribution in [0.1, 0.15) is 71.6 Å². The second-order valence-electron chi connectivity index (χ2n) is 9.38. The van der Waals surface area contributed by atoms with Gasteiger partial charge in [0.25, 0.3) is 0 Å². The average Bonchev–Trinajstić information content (AvgIpc) is 2.64. The maximum Gasteiger partial charge on any atom is 0.0427 e. The number of rotatable bonds is 2. The molecule has 3 aliphatic rings. The normalized spacial score (nSPS) is 25.9. The first-order valence-electron chi connectivity index (χ1n) is 11.4. The minimum absolute atomic E-state index is 0.310. The van der Waals surface area contributed by atoms with E-state index in [2.05, 4.69) is 70.4 Å². The molecule has 3 aliphatic carbocycles. The second kappa shape index (κ2) is 13.8. The van der Waals surface area contributed by atoms with Crippen LogP contribution in [0.25, 0.3) is 0 Å². The molecule has 1 saturated carbocycles. The maximum atomic E-state index is 2.51. The van der Waals surface area contributed by atoms with Crippen molar-refractivity contribution in [2.45, 2.75) is 109 Å². The Morgan fingerprint density at radius 2 is 1.50 bits per heavy atom. The quantitative estimate of drug-likeness (QED) is 0.332. The van der Waals surface area contributed by atoms with Crippen molar-refractivity contribution < 1.29 is 0 Å². The zero-order valence-corrected chi connectivity index (χ0v) is 20.9. The molecule has 2 atom stereocenters. The highest BCUT2D eigenvalue weighted by Gasteiger charge is 2.23. The number of hydrogen-bond acceptors (Lipinski definition) is 0. The summed E-state index contributed by atoms with van der Waals surface area (Å²) in [4.78, 5) is 0. The highest BCUT2D eigenvalue weighted by molar-refractivity contribution is 6.58. The van der Waals surface area contributed by atoms with Gasteiger partial charge in [-0.1, -0.05) is 94.7 Å². The van der Waals surface area contributed by atoms with E-state index in [1.54, 1.807) is 12.0 Å². The molecule has 0 bridgehead atoms. The van der Waals surface area contributed by atoms with Crippen LogP contribution in [-0.2, 0) is 0 Å². The van der Waals surface area contributed by atoms with Gasteiger partial charge in [0.15, 0.2) is 0 Å². The Bertz CT molecular complexity index is 433. The molecule has 150 valence electrons. The van der Waals surface area contributed by atoms with Gasteiger partial charge in [-0.2, -0.15) is 0 Å². The van der Waals surface area contributed by atoms with Gasteiger partial charge in [-0.05, 0) is 56.0 Å². The van der Waals surface area contributed by atoms with Gasteiger partial charge in [-0.25, -0.2) is 0 Å². The van der Waals surface area contributed by atoms with Crippen LogP contribution in [-0.4, -0.2) is 17.6 Å². The van der Waals surface area contributed by atoms with E-state index >= 15 is 0 Å². The van der Waals surface area contributed by atoms with E-state index in [9.17, 15) is 0 Å². The van der Waals surface area contributed by atoms with Gasteiger partial charge >= 0.3 is 0 Å². The molecule has 0 aromatic heterocycles. The van der Waals surface area contributed by atoms with Gasteiger partial charge in [0.2, 0.25) is 0 Å². The first kappa shape index (κ1) is 23.7. The predicted molar refractivity (Wildman–Crippen MR) is 128 cm³/mol. The summed E-state index contributed by atoms with van der Waals surface area (Å²) in [5.74, 6) is 1.06. The lowest BCUT2D eigenvalue weighted by atomic mass is 9.90. The van der Waals surface area contributed by atoms with Crippen molar-refractivity contribution in [3.63, 3.8) is 0 Å². The highest BCUT2D eigenvalue weighted by atomic mass is 28.3. The molecule has 26 heavy (non-hydrogen) atoms. The summed E-state index contributed by atoms with van der Waals surface area (Å²) in [6.45, 7) is 14.5. The fraction of sp³-hybridized carbons (Fsp3) is 0.750. The third-order valence-corrected chi connectivity index (χ3v) is 11.0. The van der Waals surface area contributed by atoms with Crippen molar-refractivity contribution in [3.05, 3.63) is 36.0 Å². The van der Waals surface area contributed by atoms with Crippen LogP contribution < -0.4 is 0 Å². The summed E-state index contributed by atoms with van der Waals surface area (Å²) in [5, 5.41) is 0. The monoisotopic (exact) mass is 390 g/mol. The van der Waals surface area contributed by atoms with Crippen molar-refractivity contribution in [1.29, 1.82) is 0 Å². The third-order valence-electron chi connectivity index (χ3n) is 6.31. The van der Waals surface area contributed by atoms with Gasteiger partial charge in [-0.15, -0.1) is 0 Å². The highest BCUT2D eigenvalue weighted by Crippen LogP contribution is 2.36. The molecule has 0 unspecified atom stereocenters. The van der Waals surface area contributed by atoms with Crippen LogP contribution in [0.5, 0.6) is 0 Å². The van der Waals surface area contributed by atoms with Crippen LogP contribution in [0.4, 0.5) is 0 Å². The lowest BCUT2D eigenvalue weighted by Gasteiger charge is -2.31. The molecule has 0 aromatic carbocycles. The van der Waals surface area contributed by atoms with Crippen molar-refractivity contribution in [3.8, 4) is 0 Å². The molecule has 0 radical (unpaired) electrons. The van der Waals surface area contributed by atoms with E-state index in [1.165, 1.54) is 44.9 Å². The standard InChI is InChI=1S/C9H20Si.C8H14Si.C7H12/c1-8-6-4-5-7-9(8)10(2)3;1-9(2)8-6-4-3-5-7-8;1-7-5-3-2-4-6-7/h8-10H,4-7H2,1-3H3;4-9H,3H2,1-2H3;5H,2-4,6H2,1H3/t8-,9+;;/m1../s1. The molecule has 1 fully saturated rings. The second-order valence-corrected chi connectivity index (χ2v) is 16.0. The molecule has 0 spiro atoms. The Morgan fingerprint density at radius 3 is 1.85 bits per heavy atom. The van der Waals surface area contributed by atoms with Gasteiger partial charge in [0.1, 0.15) is 0 Å². The van der Waals surface area contributed by atoms with Gasteiger partial charge < -0.3 is 0 Å². The summed E-state index contributed by atoms with van der Waals surface area (Å²) in [5.41, 5.74) is 3.58. The molecule has 0 saturated heterocycles. The van der Waals surface area contributed by atoms with Gasteiger partial charge in [-0.3, -0.25) is 0 Å². The summed E-state index contributed by atoms with van der Waals surface area (Å²) < 4.78 is 0. The van der Waals surface area contributed by atoms with Crippen LogP contribution in [0.2, 0.25) is 37.3 Å². The van der Waals surface area contributed by atoms with E-state index in [0.29, 0.717) is 0 Å². The van der Waals surface area contributed by atoms with Crippen LogP contribution in [0, 0.1) is 5.92 Å². The SMILES string of the molecule is CC1=CCCCC1.C[C@@H]1CCCC[C@@H]1[SiH](C)C.C[SiH](C)C1C=CCC=C1. The lowest BCUT2D eigenvalue weighted by molar-refractivity contribution is 0.380. The van der Waals surface area contributed by atoms with Crippen LogP contribution >= 0.6 is 0 Å². The predicted octanol–water partition coefficient (Wildman–Crippen LogP) is 7.92. The Hall–Kier alpha value is -0.346. The Morgan fingerprint density at radius 1 is 0.846 bits per heavy atom. The van der Waals surface area contributed by atoms with Crippen molar-refractivity contribution in [1.82, 2.24) is 0 Å². The Balaban J connectivity index is 0.000000198. The summed E-state index contributed by atoms with van der Waals surface area (Å²) in [7, 11) is -0.735. The molecule has 0 amide bonds. The van der Waals surface area contributed by atoms with E-state index in [4.69, 9.17) is 0 Å². The van der Waals surface area contributed by atoms with Gasteiger partial charge in [0, 0.05) is 17.6 Å². The maximum absolute atomic E-state index is 2.51. The molecule has 0 aliphatic heterocycles. The van der Waals surface area contributed by atoms with E-state index in [1.807, 2.05) is 0 Å². The number of allylic oxidation sites excluding steroid dienone is 6. The largest absolute Gasteiger partial charge is 0.0856 e. The first-order valence-corrected chi connectivity index (χ1v) is 17.4. The van der Waals surface area contributed by atoms with Crippen LogP contribution in [0.15, 0.2) is 36.0 Å². The minimum Gasteiger partial charge on any atom is -0.0856 e. The molecule has 3 rings (SSSR count). The van der Waals surface area contributed by atoms with Gasteiger partial charge in [0.05, 0.1) is 0 Å². The van der Waals surface area contributed by atoms with Crippen LogP contribution in [0.3, 0.4) is 0 Å². The fourth-order valence-electron chi connectivity index (χ4n) is 4.39. The summed E-state index contributed by atoms with van der Waals surface area (Å²) in [6, 6.07) is 0. The molecule has 0 nitrogen and oxygen atoms in total. The zero-order valence-electron chi connectivity index (χ0n) is 18.6. The van der Waals surface area contributed by atoms with Crippen molar-refractivity contribution in [2.24, 2.45) is 5.92 Å². The fourth-order valence-corrected chi connectivity index (χ4v) is 8.00. The summed E-state index contributed by atoms with van der Waals surface area (Å²) >= 11 is 0. The lowest BCUT2D eigenvalue weighted by Crippen LogP contribution is -2.22. The minimum atomic E-state index is -0.425. The number of hydrogen-bond donors (Lipinski definition) is 0. The Kier molecular flexibility index (Phi) is 12.5. The Labute approximate surface area is 168 Å². The third kappa shape index (κ3) is 10.1. The zero-order chi connectivity index (χ0) is 19.4. The molecular weight excluding hydrogens is 344 g/mol. The smallest absolute Gasteiger partial charge is 0.0427 e. The molecular formula is C24H46Si2. The average molecular weight is 391 g/mol. The van der Waals surface area contributed by atoms with E-state index < -0.39 is 8.80 Å². The molecule has 0 aromatic rings. The van der Waals surface area contributed by atoms with E-state index in [-0.39, 0.29) is 8.80 Å².